The molecule has 1 aromatic carbocycles. The first-order valence-electron chi connectivity index (χ1n) is 10.1. The van der Waals surface area contributed by atoms with E-state index < -0.39 is 35.3 Å². The van der Waals surface area contributed by atoms with E-state index in [-0.39, 0.29) is 17.9 Å². The number of amides is 1. The number of halogens is 5. The first-order valence-corrected chi connectivity index (χ1v) is 10.1. The molecule has 1 atom stereocenters. The van der Waals surface area contributed by atoms with Gasteiger partial charge in [-0.05, 0) is 37.8 Å². The highest BCUT2D eigenvalue weighted by molar-refractivity contribution is 5.83. The van der Waals surface area contributed by atoms with Crippen molar-refractivity contribution >= 4 is 11.7 Å². The summed E-state index contributed by atoms with van der Waals surface area (Å²) < 4.78 is 67.0. The highest BCUT2D eigenvalue weighted by Crippen LogP contribution is 2.32. The first-order chi connectivity index (χ1) is 14.6. The minimum Gasteiger partial charge on any atom is -0.356 e. The largest absolute Gasteiger partial charge is 0.433 e. The molecule has 4 nitrogen and oxygen atoms in total. The summed E-state index contributed by atoms with van der Waals surface area (Å²) >= 11 is 0. The molecule has 31 heavy (non-hydrogen) atoms. The van der Waals surface area contributed by atoms with E-state index in [1.165, 1.54) is 25.1 Å². The monoisotopic (exact) mass is 441 g/mol. The molecule has 0 saturated carbocycles. The highest BCUT2D eigenvalue weighted by atomic mass is 19.4. The Bertz CT molecular complexity index is 939. The summed E-state index contributed by atoms with van der Waals surface area (Å²) in [5, 5.41) is 2.61. The van der Waals surface area contributed by atoms with Gasteiger partial charge in [0.15, 0.2) is 11.6 Å². The van der Waals surface area contributed by atoms with Crippen molar-refractivity contribution in [2.75, 3.05) is 18.0 Å². The fourth-order valence-electron chi connectivity index (χ4n) is 3.60. The van der Waals surface area contributed by atoms with Gasteiger partial charge in [0, 0.05) is 30.8 Å². The second kappa shape index (κ2) is 9.20. The van der Waals surface area contributed by atoms with E-state index in [9.17, 15) is 26.7 Å². The van der Waals surface area contributed by atoms with Crippen molar-refractivity contribution in [1.82, 2.24) is 10.3 Å². The first kappa shape index (κ1) is 23.0. The van der Waals surface area contributed by atoms with Crippen LogP contribution < -0.4 is 10.2 Å². The van der Waals surface area contributed by atoms with Crippen LogP contribution in [0.1, 0.15) is 49.4 Å². The molecule has 1 N–H and O–H groups in total. The summed E-state index contributed by atoms with van der Waals surface area (Å²) in [6, 6.07) is 5.78. The minimum atomic E-state index is -4.58. The van der Waals surface area contributed by atoms with Crippen LogP contribution in [0, 0.1) is 17.6 Å². The highest BCUT2D eigenvalue weighted by Gasteiger charge is 2.34. The third-order valence-electron chi connectivity index (χ3n) is 5.62. The lowest BCUT2D eigenvalue weighted by Crippen LogP contribution is -2.35. The number of pyridine rings is 1. The van der Waals surface area contributed by atoms with E-state index in [4.69, 9.17) is 0 Å². The van der Waals surface area contributed by atoms with Crippen LogP contribution >= 0.6 is 0 Å². The number of carbonyl (C=O) groups is 1. The molecule has 168 valence electrons. The van der Waals surface area contributed by atoms with Gasteiger partial charge in [-0.1, -0.05) is 25.1 Å². The number of alkyl halides is 3. The standard InChI is InChI=1S/C22H24F5N3O/c1-13-8-10-30(11-9-13)20-15(6-7-18(29-20)22(25,26)27)12-28-21(31)14(2)16-4-3-5-17(23)19(16)24/h3-7,13-14H,8-12H2,1-2H3,(H,28,31). The quantitative estimate of drug-likeness (QED) is 0.662. The molecule has 0 spiro atoms. The summed E-state index contributed by atoms with van der Waals surface area (Å²) in [4.78, 5) is 18.2. The van der Waals surface area contributed by atoms with Crippen molar-refractivity contribution < 1.29 is 26.7 Å². The lowest BCUT2D eigenvalue weighted by molar-refractivity contribution is -0.141. The molecular formula is C22H24F5N3O. The number of anilines is 1. The fourth-order valence-corrected chi connectivity index (χ4v) is 3.60. The van der Waals surface area contributed by atoms with Crippen LogP contribution in [0.2, 0.25) is 0 Å². The predicted octanol–water partition coefficient (Wildman–Crippen LogP) is 5.03. The average molecular weight is 441 g/mol. The normalized spacial score (nSPS) is 16.3. The summed E-state index contributed by atoms with van der Waals surface area (Å²) in [6.07, 6.45) is -2.91. The molecule has 1 saturated heterocycles. The van der Waals surface area contributed by atoms with Crippen molar-refractivity contribution in [2.24, 2.45) is 5.92 Å². The number of aromatic nitrogens is 1. The van der Waals surface area contributed by atoms with E-state index in [2.05, 4.69) is 17.2 Å². The Morgan fingerprint density at radius 3 is 2.52 bits per heavy atom. The molecule has 1 unspecified atom stereocenters. The SMILES string of the molecule is CC1CCN(c2nc(C(F)(F)F)ccc2CNC(=O)C(C)c2cccc(F)c2F)CC1. The number of benzene rings is 1. The molecule has 0 bridgehead atoms. The lowest BCUT2D eigenvalue weighted by Gasteiger charge is -2.33. The van der Waals surface area contributed by atoms with Crippen LogP contribution in [0.25, 0.3) is 0 Å². The number of hydrogen-bond acceptors (Lipinski definition) is 3. The smallest absolute Gasteiger partial charge is 0.356 e. The molecule has 0 radical (unpaired) electrons. The van der Waals surface area contributed by atoms with Crippen LogP contribution in [0.15, 0.2) is 30.3 Å². The van der Waals surface area contributed by atoms with E-state index >= 15 is 0 Å². The van der Waals surface area contributed by atoms with Gasteiger partial charge in [0.1, 0.15) is 11.5 Å². The van der Waals surface area contributed by atoms with Gasteiger partial charge in [-0.25, -0.2) is 13.8 Å². The minimum absolute atomic E-state index is 0.0768. The summed E-state index contributed by atoms with van der Waals surface area (Å²) in [7, 11) is 0. The topological polar surface area (TPSA) is 45.2 Å². The lowest BCUT2D eigenvalue weighted by atomic mass is 9.98. The van der Waals surface area contributed by atoms with Gasteiger partial charge in [-0.15, -0.1) is 0 Å². The molecule has 3 rings (SSSR count). The summed E-state index contributed by atoms with van der Waals surface area (Å²) in [5.74, 6) is -3.02. The molecule has 1 aliphatic heterocycles. The maximum atomic E-state index is 14.0. The van der Waals surface area contributed by atoms with Crippen molar-refractivity contribution in [3.8, 4) is 0 Å². The van der Waals surface area contributed by atoms with Crippen molar-refractivity contribution in [2.45, 2.75) is 45.3 Å². The molecule has 2 heterocycles. The maximum Gasteiger partial charge on any atom is 0.433 e. The van der Waals surface area contributed by atoms with Gasteiger partial charge in [0.05, 0.1) is 5.92 Å². The van der Waals surface area contributed by atoms with E-state index in [1.807, 2.05) is 0 Å². The van der Waals surface area contributed by atoms with Crippen LogP contribution in [0.3, 0.4) is 0 Å². The third-order valence-corrected chi connectivity index (χ3v) is 5.62. The number of nitrogens with one attached hydrogen (secondary N) is 1. The van der Waals surface area contributed by atoms with E-state index in [0.29, 0.717) is 24.6 Å². The van der Waals surface area contributed by atoms with Crippen LogP contribution in [-0.2, 0) is 17.5 Å². The Labute approximate surface area is 177 Å². The van der Waals surface area contributed by atoms with Gasteiger partial charge in [0.2, 0.25) is 5.91 Å². The Kier molecular flexibility index (Phi) is 6.81. The maximum absolute atomic E-state index is 14.0. The van der Waals surface area contributed by atoms with Gasteiger partial charge < -0.3 is 10.2 Å². The number of nitrogens with zero attached hydrogens (tertiary/aromatic N) is 2. The fraction of sp³-hybridized carbons (Fsp3) is 0.455. The number of hydrogen-bond donors (Lipinski definition) is 1. The molecule has 9 heteroatoms. The molecule has 2 aromatic rings. The Hall–Kier alpha value is -2.71. The average Bonchev–Trinajstić information content (AvgIpc) is 2.73. The summed E-state index contributed by atoms with van der Waals surface area (Å²) in [6.45, 7) is 4.59. The Morgan fingerprint density at radius 1 is 1.19 bits per heavy atom. The molecule has 1 aromatic heterocycles. The van der Waals surface area contributed by atoms with Gasteiger partial charge in [-0.3, -0.25) is 4.79 Å². The van der Waals surface area contributed by atoms with Gasteiger partial charge in [0.25, 0.3) is 0 Å². The van der Waals surface area contributed by atoms with E-state index in [1.54, 1.807) is 4.90 Å². The third kappa shape index (κ3) is 5.32. The van der Waals surface area contributed by atoms with Crippen molar-refractivity contribution in [3.05, 3.63) is 58.8 Å². The zero-order valence-electron chi connectivity index (χ0n) is 17.3. The molecular weight excluding hydrogens is 417 g/mol. The zero-order valence-corrected chi connectivity index (χ0v) is 17.3. The predicted molar refractivity (Wildman–Crippen MR) is 106 cm³/mol. The molecule has 1 fully saturated rings. The second-order valence-corrected chi connectivity index (χ2v) is 7.93. The second-order valence-electron chi connectivity index (χ2n) is 7.93. The number of piperidine rings is 1. The van der Waals surface area contributed by atoms with E-state index in [0.717, 1.165) is 25.0 Å². The van der Waals surface area contributed by atoms with Gasteiger partial charge >= 0.3 is 6.18 Å². The van der Waals surface area contributed by atoms with Crippen LogP contribution in [-0.4, -0.2) is 24.0 Å². The Balaban J connectivity index is 1.80. The summed E-state index contributed by atoms with van der Waals surface area (Å²) in [5.41, 5.74) is -0.650. The van der Waals surface area contributed by atoms with Gasteiger partial charge in [-0.2, -0.15) is 13.2 Å². The van der Waals surface area contributed by atoms with Crippen molar-refractivity contribution in [3.63, 3.8) is 0 Å². The zero-order chi connectivity index (χ0) is 22.8. The molecule has 1 amide bonds. The van der Waals surface area contributed by atoms with Crippen LogP contribution in [0.5, 0.6) is 0 Å². The number of carbonyl (C=O) groups excluding carboxylic acids is 1. The number of rotatable bonds is 5. The van der Waals surface area contributed by atoms with Crippen molar-refractivity contribution in [1.29, 1.82) is 0 Å². The molecule has 1 aliphatic rings. The Morgan fingerprint density at radius 2 is 1.87 bits per heavy atom. The molecule has 0 aliphatic carbocycles. The van der Waals surface area contributed by atoms with Crippen LogP contribution in [0.4, 0.5) is 27.8 Å².